The SMILES string of the molecule is [O]Cc1cc(OCCCCc2nccc3ccccc23)cc(OCCCCc2nccc3ccccc23)c1. The second kappa shape index (κ2) is 13.0. The number of pyridine rings is 2. The first-order valence-corrected chi connectivity index (χ1v) is 13.4. The maximum atomic E-state index is 11.6. The number of unbranched alkanes of at least 4 members (excludes halogenated alkanes) is 2. The van der Waals surface area contributed by atoms with Crippen LogP contribution in [-0.2, 0) is 24.6 Å². The van der Waals surface area contributed by atoms with Gasteiger partial charge in [-0.1, -0.05) is 48.5 Å². The Labute approximate surface area is 224 Å². The molecular weight excluding hydrogens is 472 g/mol. The Bertz CT molecular complexity index is 1370. The molecule has 5 heteroatoms. The van der Waals surface area contributed by atoms with Gasteiger partial charge in [-0.25, -0.2) is 5.11 Å². The third-order valence-corrected chi connectivity index (χ3v) is 6.77. The summed E-state index contributed by atoms with van der Waals surface area (Å²) in [6, 6.07) is 26.3. The average molecular weight is 506 g/mol. The smallest absolute Gasteiger partial charge is 0.123 e. The Balaban J connectivity index is 1.07. The second-order valence-corrected chi connectivity index (χ2v) is 9.53. The molecule has 0 saturated heterocycles. The largest absolute Gasteiger partial charge is 0.493 e. The van der Waals surface area contributed by atoms with Gasteiger partial charge in [0.05, 0.1) is 13.2 Å². The van der Waals surface area contributed by atoms with E-state index in [2.05, 4.69) is 58.5 Å². The molecule has 1 radical (unpaired) electrons. The van der Waals surface area contributed by atoms with Crippen molar-refractivity contribution in [3.8, 4) is 11.5 Å². The highest BCUT2D eigenvalue weighted by atomic mass is 16.5. The van der Waals surface area contributed by atoms with Crippen LogP contribution in [0.2, 0.25) is 0 Å². The summed E-state index contributed by atoms with van der Waals surface area (Å²) < 4.78 is 12.0. The van der Waals surface area contributed by atoms with Gasteiger partial charge in [-0.05, 0) is 79.1 Å². The summed E-state index contributed by atoms with van der Waals surface area (Å²) in [4.78, 5) is 9.15. The molecule has 5 aromatic rings. The van der Waals surface area contributed by atoms with Crippen molar-refractivity contribution in [2.45, 2.75) is 45.1 Å². The van der Waals surface area contributed by atoms with Gasteiger partial charge in [-0.2, -0.15) is 0 Å². The molecule has 0 atom stereocenters. The second-order valence-electron chi connectivity index (χ2n) is 9.53. The third-order valence-electron chi connectivity index (χ3n) is 6.77. The van der Waals surface area contributed by atoms with Crippen LogP contribution in [0.4, 0.5) is 0 Å². The molecule has 0 amide bonds. The molecule has 2 aromatic heterocycles. The number of nitrogens with zero attached hydrogens (tertiary/aromatic N) is 2. The van der Waals surface area contributed by atoms with Crippen LogP contribution in [-0.4, -0.2) is 23.2 Å². The number of hydrogen-bond donors (Lipinski definition) is 0. The van der Waals surface area contributed by atoms with Crippen LogP contribution in [0.15, 0.2) is 91.3 Å². The fourth-order valence-corrected chi connectivity index (χ4v) is 4.81. The Kier molecular flexibility index (Phi) is 8.80. The van der Waals surface area contributed by atoms with Crippen LogP contribution in [0, 0.1) is 0 Å². The normalized spacial score (nSPS) is 11.2. The van der Waals surface area contributed by atoms with E-state index in [-0.39, 0.29) is 6.61 Å². The molecule has 0 unspecified atom stereocenters. The number of ether oxygens (including phenoxy) is 2. The van der Waals surface area contributed by atoms with E-state index in [4.69, 9.17) is 9.47 Å². The van der Waals surface area contributed by atoms with Gasteiger partial charge in [0.2, 0.25) is 0 Å². The molecule has 0 spiro atoms. The highest BCUT2D eigenvalue weighted by Gasteiger charge is 2.06. The van der Waals surface area contributed by atoms with Crippen LogP contribution in [0.5, 0.6) is 11.5 Å². The minimum atomic E-state index is -0.299. The summed E-state index contributed by atoms with van der Waals surface area (Å²) in [7, 11) is 0. The van der Waals surface area contributed by atoms with Crippen molar-refractivity contribution in [1.82, 2.24) is 9.97 Å². The van der Waals surface area contributed by atoms with E-state index in [1.807, 2.05) is 42.7 Å². The summed E-state index contributed by atoms with van der Waals surface area (Å²) in [6.45, 7) is 0.877. The van der Waals surface area contributed by atoms with Crippen LogP contribution >= 0.6 is 0 Å². The fraction of sp³-hybridized carbons (Fsp3) is 0.273. The van der Waals surface area contributed by atoms with Crippen LogP contribution in [0.25, 0.3) is 21.5 Å². The molecule has 0 aliphatic carbocycles. The monoisotopic (exact) mass is 505 g/mol. The Morgan fingerprint density at radius 2 is 1.08 bits per heavy atom. The van der Waals surface area contributed by atoms with Gasteiger partial charge in [-0.15, -0.1) is 0 Å². The molecule has 38 heavy (non-hydrogen) atoms. The zero-order valence-corrected chi connectivity index (χ0v) is 21.6. The topological polar surface area (TPSA) is 64.1 Å². The van der Waals surface area contributed by atoms with Crippen molar-refractivity contribution in [2.75, 3.05) is 13.2 Å². The van der Waals surface area contributed by atoms with Crippen LogP contribution < -0.4 is 9.47 Å². The van der Waals surface area contributed by atoms with Gasteiger partial charge in [0, 0.05) is 40.6 Å². The Hall–Kier alpha value is -3.96. The minimum absolute atomic E-state index is 0.299. The van der Waals surface area contributed by atoms with Crippen molar-refractivity contribution in [1.29, 1.82) is 0 Å². The molecule has 193 valence electrons. The van der Waals surface area contributed by atoms with Crippen LogP contribution in [0.3, 0.4) is 0 Å². The van der Waals surface area contributed by atoms with Crippen molar-refractivity contribution in [3.63, 3.8) is 0 Å². The number of fused-ring (bicyclic) bond motifs is 2. The molecule has 2 heterocycles. The maximum Gasteiger partial charge on any atom is 0.123 e. The van der Waals surface area contributed by atoms with Crippen LogP contribution in [0.1, 0.15) is 42.6 Å². The predicted octanol–water partition coefficient (Wildman–Crippen LogP) is 7.52. The van der Waals surface area contributed by atoms with E-state index in [1.54, 1.807) is 0 Å². The average Bonchev–Trinajstić information content (AvgIpc) is 2.97. The molecule has 0 fully saturated rings. The number of aryl methyl sites for hydroxylation is 2. The van der Waals surface area contributed by atoms with E-state index in [0.717, 1.165) is 49.9 Å². The fourth-order valence-electron chi connectivity index (χ4n) is 4.81. The summed E-state index contributed by atoms with van der Waals surface area (Å²) in [5.74, 6) is 1.38. The van der Waals surface area contributed by atoms with Crippen molar-refractivity contribution < 1.29 is 14.6 Å². The van der Waals surface area contributed by atoms with Gasteiger partial charge < -0.3 is 9.47 Å². The summed E-state index contributed by atoms with van der Waals surface area (Å²) in [5.41, 5.74) is 2.93. The number of aromatic nitrogens is 2. The van der Waals surface area contributed by atoms with Gasteiger partial charge in [0.15, 0.2) is 0 Å². The quantitative estimate of drug-likeness (QED) is 0.155. The first-order valence-electron chi connectivity index (χ1n) is 13.4. The third kappa shape index (κ3) is 6.67. The lowest BCUT2D eigenvalue weighted by molar-refractivity contribution is 0.176. The maximum absolute atomic E-state index is 11.6. The van der Waals surface area contributed by atoms with E-state index < -0.39 is 0 Å². The molecule has 0 N–H and O–H groups in total. The number of rotatable bonds is 13. The summed E-state index contributed by atoms with van der Waals surface area (Å²) >= 11 is 0. The first-order chi connectivity index (χ1) is 18.8. The molecule has 3 aromatic carbocycles. The summed E-state index contributed by atoms with van der Waals surface area (Å²) in [6.07, 6.45) is 9.36. The predicted molar refractivity (Wildman–Crippen MR) is 151 cm³/mol. The van der Waals surface area contributed by atoms with E-state index in [1.165, 1.54) is 21.5 Å². The van der Waals surface area contributed by atoms with Crippen molar-refractivity contribution in [2.24, 2.45) is 0 Å². The van der Waals surface area contributed by atoms with Gasteiger partial charge in [-0.3, -0.25) is 9.97 Å². The number of hydrogen-bond acceptors (Lipinski definition) is 4. The lowest BCUT2D eigenvalue weighted by atomic mass is 10.1. The van der Waals surface area contributed by atoms with Gasteiger partial charge in [0.25, 0.3) is 0 Å². The highest BCUT2D eigenvalue weighted by Crippen LogP contribution is 2.25. The van der Waals surface area contributed by atoms with E-state index in [0.29, 0.717) is 30.3 Å². The van der Waals surface area contributed by atoms with E-state index in [9.17, 15) is 5.11 Å². The Morgan fingerprint density at radius 3 is 1.58 bits per heavy atom. The molecule has 0 saturated carbocycles. The molecule has 0 aliphatic rings. The molecular formula is C33H33N2O3. The van der Waals surface area contributed by atoms with Gasteiger partial charge >= 0.3 is 0 Å². The standard InChI is InChI=1S/C33H33N2O3/c36-24-25-21-28(37-19-7-5-13-32-30-11-3-1-9-26(30)15-17-34-32)23-29(22-25)38-20-8-6-14-33-31-12-4-2-10-27(31)16-18-35-33/h1-4,9-12,15-18,21-23H,5-8,13-14,19-20,24H2. The minimum Gasteiger partial charge on any atom is -0.493 e. The lowest BCUT2D eigenvalue weighted by Crippen LogP contribution is -2.02. The van der Waals surface area contributed by atoms with Crippen molar-refractivity contribution >= 4 is 21.5 Å². The zero-order valence-electron chi connectivity index (χ0n) is 21.6. The van der Waals surface area contributed by atoms with Gasteiger partial charge in [0.1, 0.15) is 18.1 Å². The lowest BCUT2D eigenvalue weighted by Gasteiger charge is -2.12. The zero-order chi connectivity index (χ0) is 26.0. The molecule has 0 aliphatic heterocycles. The van der Waals surface area contributed by atoms with E-state index >= 15 is 0 Å². The molecule has 0 bridgehead atoms. The Morgan fingerprint density at radius 1 is 0.579 bits per heavy atom. The first kappa shape index (κ1) is 25.7. The molecule has 5 rings (SSSR count). The highest BCUT2D eigenvalue weighted by molar-refractivity contribution is 5.84. The van der Waals surface area contributed by atoms with Crippen molar-refractivity contribution in [3.05, 3.63) is 108 Å². The number of benzene rings is 3. The molecule has 5 nitrogen and oxygen atoms in total. The summed E-state index contributed by atoms with van der Waals surface area (Å²) in [5, 5.41) is 16.5.